The van der Waals surface area contributed by atoms with Crippen LogP contribution in [0.5, 0.6) is 0 Å². The minimum Gasteiger partial charge on any atom is -0.478 e. The highest BCUT2D eigenvalue weighted by Gasteiger charge is 2.22. The fraction of sp³-hybridized carbons (Fsp3) is 0.0500. The van der Waals surface area contributed by atoms with Gasteiger partial charge in [0.1, 0.15) is 10.7 Å². The highest BCUT2D eigenvalue weighted by Crippen LogP contribution is 2.28. The number of hydrazine groups is 1. The molecule has 0 fully saturated rings. The number of sulfonamides is 1. The van der Waals surface area contributed by atoms with Gasteiger partial charge in [-0.05, 0) is 48.0 Å². The van der Waals surface area contributed by atoms with Gasteiger partial charge in [-0.25, -0.2) is 23.0 Å². The zero-order valence-corrected chi connectivity index (χ0v) is 17.0. The molecule has 0 saturated heterocycles. The van der Waals surface area contributed by atoms with Crippen LogP contribution in [-0.2, 0) is 16.6 Å². The molecule has 7 nitrogen and oxygen atoms in total. The summed E-state index contributed by atoms with van der Waals surface area (Å²) in [6.07, 6.45) is 0. The number of hydrogen-bond acceptors (Lipinski definition) is 5. The van der Waals surface area contributed by atoms with E-state index in [1.165, 1.54) is 36.4 Å². The number of benzene rings is 3. The normalized spacial score (nSPS) is 11.1. The van der Waals surface area contributed by atoms with Gasteiger partial charge in [-0.15, -0.1) is 0 Å². The SMILES string of the molecule is O=C(O)c1ccc(NNCc2ccc(F)cc2)c(S(=O)(=O)Nc2ccccc2Cl)c1. The van der Waals surface area contributed by atoms with Crippen molar-refractivity contribution in [3.8, 4) is 0 Å². The lowest BCUT2D eigenvalue weighted by molar-refractivity contribution is 0.0696. The molecule has 10 heteroatoms. The Balaban J connectivity index is 1.87. The number of aromatic carboxylic acids is 1. The maximum absolute atomic E-state index is 13.0. The van der Waals surface area contributed by atoms with Crippen molar-refractivity contribution in [2.45, 2.75) is 11.4 Å². The van der Waals surface area contributed by atoms with Crippen LogP contribution in [0, 0.1) is 5.82 Å². The minimum absolute atomic E-state index is 0.127. The predicted molar refractivity (Wildman–Crippen MR) is 113 cm³/mol. The van der Waals surface area contributed by atoms with E-state index in [9.17, 15) is 22.7 Å². The monoisotopic (exact) mass is 449 g/mol. The smallest absolute Gasteiger partial charge is 0.335 e. The van der Waals surface area contributed by atoms with Gasteiger partial charge < -0.3 is 10.5 Å². The van der Waals surface area contributed by atoms with Crippen molar-refractivity contribution < 1.29 is 22.7 Å². The molecule has 30 heavy (non-hydrogen) atoms. The maximum Gasteiger partial charge on any atom is 0.335 e. The molecule has 0 atom stereocenters. The summed E-state index contributed by atoms with van der Waals surface area (Å²) in [4.78, 5) is 11.0. The molecule has 0 bridgehead atoms. The fourth-order valence-electron chi connectivity index (χ4n) is 2.57. The second-order valence-electron chi connectivity index (χ2n) is 6.21. The number of carbonyl (C=O) groups is 1. The van der Waals surface area contributed by atoms with E-state index in [0.29, 0.717) is 0 Å². The molecule has 4 N–H and O–H groups in total. The van der Waals surface area contributed by atoms with Crippen LogP contribution in [0.2, 0.25) is 5.02 Å². The van der Waals surface area contributed by atoms with Gasteiger partial charge >= 0.3 is 5.97 Å². The van der Waals surface area contributed by atoms with Crippen LogP contribution < -0.4 is 15.6 Å². The van der Waals surface area contributed by atoms with E-state index in [0.717, 1.165) is 11.6 Å². The topological polar surface area (TPSA) is 108 Å². The number of rotatable bonds is 8. The van der Waals surface area contributed by atoms with E-state index in [2.05, 4.69) is 15.6 Å². The van der Waals surface area contributed by atoms with Gasteiger partial charge in [0.2, 0.25) is 0 Å². The number of nitrogens with one attached hydrogen (secondary N) is 3. The van der Waals surface area contributed by atoms with Gasteiger partial charge in [-0.3, -0.25) is 4.72 Å². The Kier molecular flexibility index (Phi) is 6.56. The standard InChI is InChI=1S/C20H17ClFN3O4S/c21-16-3-1-2-4-17(16)25-30(28,29)19-11-14(20(26)27)7-10-18(19)24-23-12-13-5-8-15(22)9-6-13/h1-11,23-25H,12H2,(H,26,27). The van der Waals surface area contributed by atoms with Gasteiger partial charge in [0.25, 0.3) is 10.0 Å². The third-order valence-corrected chi connectivity index (χ3v) is 5.80. The van der Waals surface area contributed by atoms with Crippen LogP contribution in [-0.4, -0.2) is 19.5 Å². The Morgan fingerprint density at radius 3 is 2.37 bits per heavy atom. The van der Waals surface area contributed by atoms with E-state index in [4.69, 9.17) is 11.6 Å². The van der Waals surface area contributed by atoms with Crippen LogP contribution in [0.3, 0.4) is 0 Å². The summed E-state index contributed by atoms with van der Waals surface area (Å²) in [7, 11) is -4.17. The third kappa shape index (κ3) is 5.26. The third-order valence-electron chi connectivity index (χ3n) is 4.07. The number of hydrogen-bond donors (Lipinski definition) is 4. The van der Waals surface area contributed by atoms with Crippen LogP contribution in [0.25, 0.3) is 0 Å². The molecule has 0 radical (unpaired) electrons. The molecule has 0 saturated carbocycles. The molecule has 156 valence electrons. The van der Waals surface area contributed by atoms with Crippen molar-refractivity contribution in [3.63, 3.8) is 0 Å². The number of halogens is 2. The first-order valence-electron chi connectivity index (χ1n) is 8.64. The van der Waals surface area contributed by atoms with Crippen LogP contribution in [0.15, 0.2) is 71.6 Å². The lowest BCUT2D eigenvalue weighted by atomic mass is 10.2. The Morgan fingerprint density at radius 1 is 1.00 bits per heavy atom. The van der Waals surface area contributed by atoms with E-state index < -0.39 is 16.0 Å². The van der Waals surface area contributed by atoms with E-state index in [-0.39, 0.29) is 39.2 Å². The molecular weight excluding hydrogens is 433 g/mol. The molecule has 3 rings (SSSR count). The predicted octanol–water partition coefficient (Wildman–Crippen LogP) is 4.09. The lowest BCUT2D eigenvalue weighted by Gasteiger charge is -2.16. The molecule has 0 heterocycles. The van der Waals surface area contributed by atoms with Crippen molar-refractivity contribution in [3.05, 3.63) is 88.7 Å². The lowest BCUT2D eigenvalue weighted by Crippen LogP contribution is -2.24. The molecule has 0 aliphatic rings. The van der Waals surface area contributed by atoms with Gasteiger partial charge in [-0.1, -0.05) is 35.9 Å². The molecule has 3 aromatic carbocycles. The van der Waals surface area contributed by atoms with Crippen LogP contribution >= 0.6 is 11.6 Å². The summed E-state index contributed by atoms with van der Waals surface area (Å²) >= 11 is 6.03. The highest BCUT2D eigenvalue weighted by atomic mass is 35.5. The molecule has 0 aliphatic carbocycles. The molecule has 0 aliphatic heterocycles. The van der Waals surface area contributed by atoms with Crippen LogP contribution in [0.4, 0.5) is 15.8 Å². The molecule has 3 aromatic rings. The zero-order chi connectivity index (χ0) is 21.7. The maximum atomic E-state index is 13.0. The average molecular weight is 450 g/mol. The Bertz CT molecular complexity index is 1170. The second-order valence-corrected chi connectivity index (χ2v) is 8.26. The van der Waals surface area contributed by atoms with Gasteiger partial charge in [0, 0.05) is 6.54 Å². The van der Waals surface area contributed by atoms with Crippen molar-refractivity contribution in [1.82, 2.24) is 5.43 Å². The van der Waals surface area contributed by atoms with E-state index >= 15 is 0 Å². The molecule has 0 unspecified atom stereocenters. The first-order valence-corrected chi connectivity index (χ1v) is 10.5. The first kappa shape index (κ1) is 21.6. The summed E-state index contributed by atoms with van der Waals surface area (Å²) in [6.45, 7) is 0.262. The van der Waals surface area contributed by atoms with Crippen molar-refractivity contribution >= 4 is 39.0 Å². The largest absolute Gasteiger partial charge is 0.478 e. The van der Waals surface area contributed by atoms with Crippen molar-refractivity contribution in [2.24, 2.45) is 0 Å². The zero-order valence-electron chi connectivity index (χ0n) is 15.4. The Morgan fingerprint density at radius 2 is 1.70 bits per heavy atom. The van der Waals surface area contributed by atoms with Gasteiger partial charge in [0.15, 0.2) is 0 Å². The fourth-order valence-corrected chi connectivity index (χ4v) is 4.08. The summed E-state index contributed by atoms with van der Waals surface area (Å²) in [5.41, 5.74) is 6.44. The van der Waals surface area contributed by atoms with E-state index in [1.807, 2.05) is 0 Å². The van der Waals surface area contributed by atoms with Crippen LogP contribution in [0.1, 0.15) is 15.9 Å². The summed E-state index contributed by atoms with van der Waals surface area (Å²) < 4.78 is 41.3. The highest BCUT2D eigenvalue weighted by molar-refractivity contribution is 7.93. The van der Waals surface area contributed by atoms with Gasteiger partial charge in [-0.2, -0.15) is 0 Å². The second kappa shape index (κ2) is 9.12. The Labute approximate surface area is 177 Å². The quantitative estimate of drug-likeness (QED) is 0.386. The Hall–Kier alpha value is -3.14. The first-order chi connectivity index (χ1) is 14.3. The number of carboxylic acid groups (broad SMARTS) is 1. The summed E-state index contributed by atoms with van der Waals surface area (Å²) in [6, 6.07) is 15.7. The molecule has 0 spiro atoms. The molecular formula is C20H17ClFN3O4S. The van der Waals surface area contributed by atoms with E-state index in [1.54, 1.807) is 24.3 Å². The van der Waals surface area contributed by atoms with Gasteiger partial charge in [0.05, 0.1) is 22.0 Å². The summed E-state index contributed by atoms with van der Waals surface area (Å²) in [5, 5.41) is 9.44. The number of para-hydroxylation sites is 1. The molecule has 0 amide bonds. The average Bonchev–Trinajstić information content (AvgIpc) is 2.71. The number of anilines is 2. The van der Waals surface area contributed by atoms with Crippen molar-refractivity contribution in [1.29, 1.82) is 0 Å². The van der Waals surface area contributed by atoms with Crippen molar-refractivity contribution in [2.75, 3.05) is 10.1 Å². The minimum atomic E-state index is -4.17. The summed E-state index contributed by atoms with van der Waals surface area (Å²) in [5.74, 6) is -1.63. The molecule has 0 aromatic heterocycles. The number of carboxylic acids is 1.